The van der Waals surface area contributed by atoms with Crippen LogP contribution in [0.3, 0.4) is 0 Å². The second-order valence-corrected chi connectivity index (χ2v) is 2.48. The van der Waals surface area contributed by atoms with Crippen molar-refractivity contribution < 1.29 is 9.90 Å². The van der Waals surface area contributed by atoms with Gasteiger partial charge in [-0.05, 0) is 12.8 Å². The van der Waals surface area contributed by atoms with Crippen molar-refractivity contribution in [1.29, 1.82) is 0 Å². The smallest absolute Gasteiger partial charge is 0.320 e. The zero-order valence-corrected chi connectivity index (χ0v) is 6.93. The maximum atomic E-state index is 10.4. The van der Waals surface area contributed by atoms with E-state index < -0.39 is 5.97 Å². The normalized spacial score (nSPS) is 29.1. The fourth-order valence-electron chi connectivity index (χ4n) is 1.15. The van der Waals surface area contributed by atoms with E-state index in [-0.39, 0.29) is 24.5 Å². The van der Waals surface area contributed by atoms with E-state index >= 15 is 0 Å². The van der Waals surface area contributed by atoms with Gasteiger partial charge in [0.2, 0.25) is 0 Å². The van der Waals surface area contributed by atoms with E-state index in [9.17, 15) is 4.79 Å². The van der Waals surface area contributed by atoms with Gasteiger partial charge >= 0.3 is 5.97 Å². The molecule has 64 valence electrons. The molecule has 3 nitrogen and oxygen atoms in total. The van der Waals surface area contributed by atoms with E-state index in [2.05, 4.69) is 11.9 Å². The molecular weight excluding hydrogens is 166 g/mol. The SMILES string of the molecule is C=C[C@H]1CC[C@@H](C(=O)O)N1.Cl. The summed E-state index contributed by atoms with van der Waals surface area (Å²) < 4.78 is 0. The summed E-state index contributed by atoms with van der Waals surface area (Å²) in [4.78, 5) is 10.4. The van der Waals surface area contributed by atoms with Crippen molar-refractivity contribution in [2.45, 2.75) is 24.9 Å². The van der Waals surface area contributed by atoms with E-state index in [1.165, 1.54) is 0 Å². The van der Waals surface area contributed by atoms with Gasteiger partial charge < -0.3 is 5.11 Å². The first kappa shape index (κ1) is 10.5. The molecule has 11 heavy (non-hydrogen) atoms. The number of nitrogens with one attached hydrogen (secondary N) is 1. The zero-order valence-electron chi connectivity index (χ0n) is 6.12. The van der Waals surface area contributed by atoms with Gasteiger partial charge in [-0.15, -0.1) is 19.0 Å². The summed E-state index contributed by atoms with van der Waals surface area (Å²) in [5.74, 6) is -0.760. The molecule has 4 heteroatoms. The average molecular weight is 178 g/mol. The fourth-order valence-corrected chi connectivity index (χ4v) is 1.15. The lowest BCUT2D eigenvalue weighted by atomic mass is 10.2. The summed E-state index contributed by atoms with van der Waals surface area (Å²) in [5, 5.41) is 11.5. The minimum absolute atomic E-state index is 0. The standard InChI is InChI=1S/C7H11NO2.ClH/c1-2-5-3-4-6(8-5)7(9)10;/h2,5-6,8H,1,3-4H2,(H,9,10);1H/t5-,6-;/m0./s1. The number of carbonyl (C=O) groups is 1. The van der Waals surface area contributed by atoms with Crippen LogP contribution in [0.4, 0.5) is 0 Å². The average Bonchev–Trinajstić information content (AvgIpc) is 2.34. The molecule has 2 N–H and O–H groups in total. The Hall–Kier alpha value is -0.540. The Morgan fingerprint density at radius 3 is 2.55 bits per heavy atom. The highest BCUT2D eigenvalue weighted by molar-refractivity contribution is 5.85. The third-order valence-corrected chi connectivity index (χ3v) is 1.76. The molecule has 0 aliphatic carbocycles. The number of hydrogen-bond donors (Lipinski definition) is 2. The van der Waals surface area contributed by atoms with Crippen LogP contribution >= 0.6 is 12.4 Å². The number of hydrogen-bond acceptors (Lipinski definition) is 2. The minimum atomic E-state index is -0.760. The van der Waals surface area contributed by atoms with Crippen LogP contribution in [0.2, 0.25) is 0 Å². The van der Waals surface area contributed by atoms with Gasteiger partial charge in [0.15, 0.2) is 0 Å². The highest BCUT2D eigenvalue weighted by atomic mass is 35.5. The van der Waals surface area contributed by atoms with Gasteiger partial charge in [0.1, 0.15) is 6.04 Å². The number of carboxylic acid groups (broad SMARTS) is 1. The van der Waals surface area contributed by atoms with E-state index in [0.29, 0.717) is 6.42 Å². The summed E-state index contributed by atoms with van der Waals surface area (Å²) in [6.07, 6.45) is 3.36. The quantitative estimate of drug-likeness (QED) is 0.614. The first-order valence-electron chi connectivity index (χ1n) is 3.35. The highest BCUT2D eigenvalue weighted by Crippen LogP contribution is 2.12. The maximum Gasteiger partial charge on any atom is 0.320 e. The molecule has 2 atom stereocenters. The number of halogens is 1. The molecule has 0 amide bonds. The molecule has 0 radical (unpaired) electrons. The number of aliphatic carboxylic acids is 1. The van der Waals surface area contributed by atoms with E-state index in [0.717, 1.165) is 6.42 Å². The maximum absolute atomic E-state index is 10.4. The van der Waals surface area contributed by atoms with Gasteiger partial charge in [-0.2, -0.15) is 0 Å². The van der Waals surface area contributed by atoms with Crippen molar-refractivity contribution in [3.63, 3.8) is 0 Å². The first-order valence-corrected chi connectivity index (χ1v) is 3.35. The van der Waals surface area contributed by atoms with Gasteiger partial charge in [0, 0.05) is 6.04 Å². The van der Waals surface area contributed by atoms with Crippen LogP contribution in [0.5, 0.6) is 0 Å². The van der Waals surface area contributed by atoms with Gasteiger partial charge in [-0.3, -0.25) is 10.1 Å². The Morgan fingerprint density at radius 1 is 1.64 bits per heavy atom. The topological polar surface area (TPSA) is 49.3 Å². The summed E-state index contributed by atoms with van der Waals surface area (Å²) in [5.41, 5.74) is 0. The lowest BCUT2D eigenvalue weighted by Gasteiger charge is -2.05. The second-order valence-electron chi connectivity index (χ2n) is 2.48. The Kier molecular flexibility index (Phi) is 4.15. The fraction of sp³-hybridized carbons (Fsp3) is 0.571. The molecule has 0 bridgehead atoms. The number of carboxylic acids is 1. The molecule has 0 aromatic carbocycles. The van der Waals surface area contributed by atoms with Crippen LogP contribution in [0.15, 0.2) is 12.7 Å². The van der Waals surface area contributed by atoms with E-state index in [1.807, 2.05) is 0 Å². The predicted molar refractivity (Wildman–Crippen MR) is 45.0 cm³/mol. The van der Waals surface area contributed by atoms with Gasteiger partial charge in [-0.25, -0.2) is 0 Å². The molecule has 1 saturated heterocycles. The molecule has 1 fully saturated rings. The van der Waals surface area contributed by atoms with Crippen LogP contribution < -0.4 is 5.32 Å². The van der Waals surface area contributed by atoms with Crippen molar-refractivity contribution in [2.24, 2.45) is 0 Å². The summed E-state index contributed by atoms with van der Waals surface area (Å²) in [6.45, 7) is 3.58. The largest absolute Gasteiger partial charge is 0.480 e. The van der Waals surface area contributed by atoms with Crippen molar-refractivity contribution >= 4 is 18.4 Å². The molecular formula is C7H12ClNO2. The van der Waals surface area contributed by atoms with Crippen LogP contribution in [0.25, 0.3) is 0 Å². The van der Waals surface area contributed by atoms with Crippen LogP contribution in [0, 0.1) is 0 Å². The van der Waals surface area contributed by atoms with Crippen molar-refractivity contribution in [3.05, 3.63) is 12.7 Å². The monoisotopic (exact) mass is 177 g/mol. The Balaban J connectivity index is 0.000001000. The molecule has 1 aliphatic rings. The molecule has 1 rings (SSSR count). The molecule has 1 heterocycles. The van der Waals surface area contributed by atoms with Crippen LogP contribution in [-0.2, 0) is 4.79 Å². The first-order chi connectivity index (χ1) is 4.74. The highest BCUT2D eigenvalue weighted by Gasteiger charge is 2.26. The Morgan fingerprint density at radius 2 is 2.27 bits per heavy atom. The second kappa shape index (κ2) is 4.36. The molecule has 0 aromatic heterocycles. The van der Waals surface area contributed by atoms with Gasteiger partial charge in [-0.1, -0.05) is 6.08 Å². The molecule has 0 saturated carbocycles. The summed E-state index contributed by atoms with van der Waals surface area (Å²) >= 11 is 0. The third kappa shape index (κ3) is 2.52. The van der Waals surface area contributed by atoms with Crippen molar-refractivity contribution in [1.82, 2.24) is 5.32 Å². The lowest BCUT2D eigenvalue weighted by Crippen LogP contribution is -2.34. The minimum Gasteiger partial charge on any atom is -0.480 e. The number of rotatable bonds is 2. The molecule has 0 spiro atoms. The van der Waals surface area contributed by atoms with Crippen LogP contribution in [0.1, 0.15) is 12.8 Å². The van der Waals surface area contributed by atoms with E-state index in [1.54, 1.807) is 6.08 Å². The van der Waals surface area contributed by atoms with Crippen molar-refractivity contribution in [2.75, 3.05) is 0 Å². The summed E-state index contributed by atoms with van der Waals surface area (Å²) in [6, 6.07) is -0.163. The third-order valence-electron chi connectivity index (χ3n) is 1.76. The summed E-state index contributed by atoms with van der Waals surface area (Å²) in [7, 11) is 0. The zero-order chi connectivity index (χ0) is 7.56. The van der Waals surface area contributed by atoms with Gasteiger partial charge in [0.25, 0.3) is 0 Å². The lowest BCUT2D eigenvalue weighted by molar-refractivity contribution is -0.139. The van der Waals surface area contributed by atoms with E-state index in [4.69, 9.17) is 5.11 Å². The predicted octanol–water partition coefficient (Wildman–Crippen LogP) is 0.799. The Labute approximate surface area is 71.9 Å². The van der Waals surface area contributed by atoms with Crippen molar-refractivity contribution in [3.8, 4) is 0 Å². The van der Waals surface area contributed by atoms with Gasteiger partial charge in [0.05, 0.1) is 0 Å². The Bertz CT molecular complexity index is 161. The van der Waals surface area contributed by atoms with Crippen LogP contribution in [-0.4, -0.2) is 23.2 Å². The molecule has 0 aromatic rings. The molecule has 1 aliphatic heterocycles. The molecule has 0 unspecified atom stereocenters.